The molecular weight excluding hydrogens is 208 g/mol. The van der Waals surface area contributed by atoms with Crippen molar-refractivity contribution in [2.45, 2.75) is 66.0 Å². The largest absolute Gasteiger partial charge is 0.316 e. The highest BCUT2D eigenvalue weighted by Crippen LogP contribution is 2.24. The van der Waals surface area contributed by atoms with Crippen molar-refractivity contribution in [3.05, 3.63) is 0 Å². The first-order valence-electron chi connectivity index (χ1n) is 7.47. The molecule has 1 heterocycles. The van der Waals surface area contributed by atoms with Crippen molar-refractivity contribution in [2.75, 3.05) is 19.6 Å². The first-order chi connectivity index (χ1) is 8.00. The van der Waals surface area contributed by atoms with Gasteiger partial charge in [0.1, 0.15) is 0 Å². The van der Waals surface area contributed by atoms with Crippen LogP contribution in [0.5, 0.6) is 0 Å². The molecule has 0 aromatic heterocycles. The zero-order valence-electron chi connectivity index (χ0n) is 12.5. The molecule has 1 aliphatic rings. The molecule has 1 fully saturated rings. The molecule has 102 valence electrons. The summed E-state index contributed by atoms with van der Waals surface area (Å²) in [6, 6.07) is 1.51. The summed E-state index contributed by atoms with van der Waals surface area (Å²) in [6.45, 7) is 15.3. The van der Waals surface area contributed by atoms with Crippen LogP contribution >= 0.6 is 0 Å². The van der Waals surface area contributed by atoms with Gasteiger partial charge >= 0.3 is 0 Å². The van der Waals surface area contributed by atoms with E-state index in [0.29, 0.717) is 0 Å². The summed E-state index contributed by atoms with van der Waals surface area (Å²) in [7, 11) is 0. The van der Waals surface area contributed by atoms with Gasteiger partial charge in [0.2, 0.25) is 0 Å². The first-order valence-corrected chi connectivity index (χ1v) is 7.47. The molecule has 0 bridgehead atoms. The lowest BCUT2D eigenvalue weighted by Crippen LogP contribution is -2.46. The topological polar surface area (TPSA) is 15.3 Å². The number of nitrogens with one attached hydrogen (secondary N) is 1. The van der Waals surface area contributed by atoms with Gasteiger partial charge in [0.05, 0.1) is 0 Å². The average molecular weight is 240 g/mol. The Labute approximate surface area is 108 Å². The van der Waals surface area contributed by atoms with Crippen LogP contribution in [0.2, 0.25) is 0 Å². The Bertz CT molecular complexity index is 203. The quantitative estimate of drug-likeness (QED) is 0.718. The van der Waals surface area contributed by atoms with Crippen LogP contribution in [0.1, 0.15) is 53.9 Å². The molecule has 1 rings (SSSR count). The Morgan fingerprint density at radius 3 is 2.53 bits per heavy atom. The molecule has 17 heavy (non-hydrogen) atoms. The Hall–Kier alpha value is -0.0800. The predicted molar refractivity (Wildman–Crippen MR) is 76.4 cm³/mol. The van der Waals surface area contributed by atoms with E-state index in [-0.39, 0.29) is 0 Å². The summed E-state index contributed by atoms with van der Waals surface area (Å²) < 4.78 is 0. The van der Waals surface area contributed by atoms with Gasteiger partial charge in [-0.25, -0.2) is 0 Å². The van der Waals surface area contributed by atoms with E-state index in [9.17, 15) is 0 Å². The van der Waals surface area contributed by atoms with Crippen LogP contribution in [0.25, 0.3) is 0 Å². The fraction of sp³-hybridized carbons (Fsp3) is 1.00. The zero-order chi connectivity index (χ0) is 12.8. The molecule has 2 heteroatoms. The number of likely N-dealkylation sites (tertiary alicyclic amines) is 1. The zero-order valence-corrected chi connectivity index (χ0v) is 12.5. The molecule has 0 aromatic carbocycles. The maximum atomic E-state index is 3.55. The van der Waals surface area contributed by atoms with Gasteiger partial charge < -0.3 is 5.32 Å². The van der Waals surface area contributed by atoms with Gasteiger partial charge in [-0.3, -0.25) is 4.90 Å². The van der Waals surface area contributed by atoms with Gasteiger partial charge in [-0.05, 0) is 64.6 Å². The lowest BCUT2D eigenvalue weighted by Gasteiger charge is -2.40. The SMILES string of the molecule is CC(C)CNCCC(C)N1CCC(C)CC1C. The van der Waals surface area contributed by atoms with E-state index in [1.54, 1.807) is 0 Å². The van der Waals surface area contributed by atoms with E-state index in [4.69, 9.17) is 0 Å². The Morgan fingerprint density at radius 2 is 1.94 bits per heavy atom. The van der Waals surface area contributed by atoms with Crippen LogP contribution in [0.3, 0.4) is 0 Å². The van der Waals surface area contributed by atoms with Gasteiger partial charge in [-0.2, -0.15) is 0 Å². The highest BCUT2D eigenvalue weighted by atomic mass is 15.2. The van der Waals surface area contributed by atoms with Crippen LogP contribution in [-0.4, -0.2) is 36.6 Å². The molecular formula is C15H32N2. The van der Waals surface area contributed by atoms with Gasteiger partial charge in [0.25, 0.3) is 0 Å². The Morgan fingerprint density at radius 1 is 1.24 bits per heavy atom. The van der Waals surface area contributed by atoms with Crippen LogP contribution < -0.4 is 5.32 Å². The van der Waals surface area contributed by atoms with Crippen LogP contribution in [0.15, 0.2) is 0 Å². The van der Waals surface area contributed by atoms with E-state index in [0.717, 1.165) is 37.0 Å². The molecule has 0 radical (unpaired) electrons. The lowest BCUT2D eigenvalue weighted by atomic mass is 9.92. The van der Waals surface area contributed by atoms with Crippen molar-refractivity contribution >= 4 is 0 Å². The number of rotatable bonds is 6. The molecule has 2 nitrogen and oxygen atoms in total. The second kappa shape index (κ2) is 7.38. The lowest BCUT2D eigenvalue weighted by molar-refractivity contribution is 0.0853. The monoisotopic (exact) mass is 240 g/mol. The molecule has 0 aromatic rings. The molecule has 1 N–H and O–H groups in total. The fourth-order valence-electron chi connectivity index (χ4n) is 2.95. The minimum atomic E-state index is 0.733. The average Bonchev–Trinajstić information content (AvgIpc) is 2.23. The standard InChI is InChI=1S/C15H32N2/c1-12(2)11-16-8-6-14(4)17-9-7-13(3)10-15(17)5/h12-16H,6-11H2,1-5H3. The van der Waals surface area contributed by atoms with Crippen LogP contribution in [0, 0.1) is 11.8 Å². The van der Waals surface area contributed by atoms with E-state index in [1.165, 1.54) is 25.8 Å². The van der Waals surface area contributed by atoms with E-state index in [1.807, 2.05) is 0 Å². The number of nitrogens with zero attached hydrogens (tertiary/aromatic N) is 1. The molecule has 1 aliphatic heterocycles. The summed E-state index contributed by atoms with van der Waals surface area (Å²) in [5.74, 6) is 1.69. The summed E-state index contributed by atoms with van der Waals surface area (Å²) in [5, 5.41) is 3.55. The molecule has 3 atom stereocenters. The van der Waals surface area contributed by atoms with Crippen molar-refractivity contribution in [1.82, 2.24) is 10.2 Å². The van der Waals surface area contributed by atoms with Gasteiger partial charge in [0.15, 0.2) is 0 Å². The van der Waals surface area contributed by atoms with Gasteiger partial charge in [-0.1, -0.05) is 20.8 Å². The smallest absolute Gasteiger partial charge is 0.00818 e. The molecule has 3 unspecified atom stereocenters. The van der Waals surface area contributed by atoms with Crippen molar-refractivity contribution in [1.29, 1.82) is 0 Å². The summed E-state index contributed by atoms with van der Waals surface area (Å²) in [4.78, 5) is 2.71. The maximum Gasteiger partial charge on any atom is 0.00818 e. The first kappa shape index (κ1) is 15.0. The summed E-state index contributed by atoms with van der Waals surface area (Å²) in [5.41, 5.74) is 0. The van der Waals surface area contributed by atoms with Crippen molar-refractivity contribution in [3.8, 4) is 0 Å². The third-order valence-electron chi connectivity index (χ3n) is 4.05. The highest BCUT2D eigenvalue weighted by Gasteiger charge is 2.25. The minimum Gasteiger partial charge on any atom is -0.316 e. The molecule has 0 amide bonds. The van der Waals surface area contributed by atoms with E-state index >= 15 is 0 Å². The minimum absolute atomic E-state index is 0.733. The molecule has 0 saturated carbocycles. The molecule has 0 aliphatic carbocycles. The van der Waals surface area contributed by atoms with Crippen LogP contribution in [0.4, 0.5) is 0 Å². The van der Waals surface area contributed by atoms with Crippen molar-refractivity contribution < 1.29 is 0 Å². The summed E-state index contributed by atoms with van der Waals surface area (Å²) >= 11 is 0. The van der Waals surface area contributed by atoms with Crippen molar-refractivity contribution in [3.63, 3.8) is 0 Å². The number of hydrogen-bond acceptors (Lipinski definition) is 2. The van der Waals surface area contributed by atoms with E-state index < -0.39 is 0 Å². The summed E-state index contributed by atoms with van der Waals surface area (Å²) in [6.07, 6.45) is 4.04. The maximum absolute atomic E-state index is 3.55. The fourth-order valence-corrected chi connectivity index (χ4v) is 2.95. The second-order valence-electron chi connectivity index (χ2n) is 6.45. The molecule has 0 spiro atoms. The highest BCUT2D eigenvalue weighted by molar-refractivity contribution is 4.81. The normalized spacial score (nSPS) is 28.6. The number of hydrogen-bond donors (Lipinski definition) is 1. The second-order valence-corrected chi connectivity index (χ2v) is 6.45. The predicted octanol–water partition coefficient (Wildman–Crippen LogP) is 3.13. The molecule has 1 saturated heterocycles. The third-order valence-corrected chi connectivity index (χ3v) is 4.05. The van der Waals surface area contributed by atoms with Gasteiger partial charge in [-0.15, -0.1) is 0 Å². The Kier molecular flexibility index (Phi) is 6.50. The number of piperidine rings is 1. The van der Waals surface area contributed by atoms with Crippen molar-refractivity contribution in [2.24, 2.45) is 11.8 Å². The third kappa shape index (κ3) is 5.39. The Balaban J connectivity index is 2.20. The van der Waals surface area contributed by atoms with Crippen LogP contribution in [-0.2, 0) is 0 Å². The van der Waals surface area contributed by atoms with Gasteiger partial charge in [0, 0.05) is 12.1 Å². The van der Waals surface area contributed by atoms with E-state index in [2.05, 4.69) is 44.8 Å².